The second-order valence-corrected chi connectivity index (χ2v) is 6.66. The van der Waals surface area contributed by atoms with Gasteiger partial charge < -0.3 is 4.98 Å². The summed E-state index contributed by atoms with van der Waals surface area (Å²) < 4.78 is 15.1. The van der Waals surface area contributed by atoms with Gasteiger partial charge in [0, 0.05) is 30.0 Å². The van der Waals surface area contributed by atoms with Gasteiger partial charge in [0.2, 0.25) is 0 Å². The molecule has 1 atom stereocenters. The monoisotopic (exact) mass is 328 g/mol. The number of rotatable bonds is 3. The molecule has 2 aromatic heterocycles. The van der Waals surface area contributed by atoms with Crippen molar-refractivity contribution in [3.05, 3.63) is 40.7 Å². The lowest BCUT2D eigenvalue weighted by Crippen LogP contribution is -2.40. The normalized spacial score (nSPS) is 19.3. The largest absolute Gasteiger partial charge is 0.349 e. The number of aromatic nitrogens is 3. The number of aromatic amines is 1. The fraction of sp³-hybridized carbons (Fsp3) is 0.444. The van der Waals surface area contributed by atoms with Crippen molar-refractivity contribution >= 4 is 21.9 Å². The summed E-state index contributed by atoms with van der Waals surface area (Å²) in [5.74, 6) is -0.325. The summed E-state index contributed by atoms with van der Waals surface area (Å²) in [6, 6.07) is 5.02. The Balaban J connectivity index is 1.66. The van der Waals surface area contributed by atoms with E-state index in [1.165, 1.54) is 31.4 Å². The molecule has 1 aliphatic heterocycles. The van der Waals surface area contributed by atoms with Gasteiger partial charge in [0.1, 0.15) is 16.9 Å². The van der Waals surface area contributed by atoms with Gasteiger partial charge in [-0.15, -0.1) is 0 Å². The SMILES string of the molecule is C[C@@H]1CCCCN1CCn1cnc2c([nH]c3ccc(F)cc32)c1=O. The number of likely N-dealkylation sites (tertiary alicyclic amines) is 1. The molecule has 0 bridgehead atoms. The average molecular weight is 328 g/mol. The third kappa shape index (κ3) is 2.60. The van der Waals surface area contributed by atoms with E-state index in [4.69, 9.17) is 0 Å². The Kier molecular flexibility index (Phi) is 3.84. The zero-order valence-electron chi connectivity index (χ0n) is 13.8. The van der Waals surface area contributed by atoms with Crippen LogP contribution in [0.2, 0.25) is 0 Å². The maximum atomic E-state index is 13.5. The maximum Gasteiger partial charge on any atom is 0.277 e. The highest BCUT2D eigenvalue weighted by Gasteiger charge is 2.18. The molecule has 0 radical (unpaired) electrons. The first-order valence-electron chi connectivity index (χ1n) is 8.54. The van der Waals surface area contributed by atoms with E-state index in [9.17, 15) is 9.18 Å². The first-order chi connectivity index (χ1) is 11.6. The van der Waals surface area contributed by atoms with E-state index >= 15 is 0 Å². The molecule has 1 N–H and O–H groups in total. The highest BCUT2D eigenvalue weighted by molar-refractivity contribution is 6.04. The van der Waals surface area contributed by atoms with Crippen molar-refractivity contribution in [3.63, 3.8) is 0 Å². The van der Waals surface area contributed by atoms with Crippen LogP contribution in [0.5, 0.6) is 0 Å². The number of benzene rings is 1. The quantitative estimate of drug-likeness (QED) is 0.804. The van der Waals surface area contributed by atoms with Crippen LogP contribution in [-0.4, -0.2) is 38.6 Å². The number of H-pyrrole nitrogens is 1. The highest BCUT2D eigenvalue weighted by Crippen LogP contribution is 2.22. The smallest absolute Gasteiger partial charge is 0.277 e. The predicted molar refractivity (Wildman–Crippen MR) is 92.7 cm³/mol. The summed E-state index contributed by atoms with van der Waals surface area (Å²) in [7, 11) is 0. The highest BCUT2D eigenvalue weighted by atomic mass is 19.1. The van der Waals surface area contributed by atoms with Gasteiger partial charge in [-0.05, 0) is 44.5 Å². The minimum Gasteiger partial charge on any atom is -0.349 e. The number of nitrogens with zero attached hydrogens (tertiary/aromatic N) is 3. The molecular weight excluding hydrogens is 307 g/mol. The van der Waals surface area contributed by atoms with Gasteiger partial charge in [0.05, 0.1) is 6.33 Å². The number of piperidine rings is 1. The standard InChI is InChI=1S/C18H21FN4O/c1-12-4-2-3-7-22(12)8-9-23-11-20-16-14-10-13(19)5-6-15(14)21-17(16)18(23)24/h5-6,10-12,21H,2-4,7-9H2,1H3/t12-/m1/s1. The molecule has 6 heteroatoms. The van der Waals surface area contributed by atoms with Crippen molar-refractivity contribution in [1.29, 1.82) is 0 Å². The molecule has 5 nitrogen and oxygen atoms in total. The fourth-order valence-electron chi connectivity index (χ4n) is 3.65. The molecule has 3 aromatic rings. The molecule has 24 heavy (non-hydrogen) atoms. The molecule has 1 aliphatic rings. The molecule has 0 unspecified atom stereocenters. The molecule has 3 heterocycles. The molecular formula is C18H21FN4O. The zero-order valence-corrected chi connectivity index (χ0v) is 13.8. The lowest BCUT2D eigenvalue weighted by atomic mass is 10.0. The van der Waals surface area contributed by atoms with Crippen molar-refractivity contribution in [2.45, 2.75) is 38.8 Å². The van der Waals surface area contributed by atoms with Crippen LogP contribution in [0.4, 0.5) is 4.39 Å². The van der Waals surface area contributed by atoms with Crippen molar-refractivity contribution in [2.24, 2.45) is 0 Å². The van der Waals surface area contributed by atoms with E-state index in [2.05, 4.69) is 21.8 Å². The zero-order chi connectivity index (χ0) is 16.7. The Morgan fingerprint density at radius 3 is 3.04 bits per heavy atom. The summed E-state index contributed by atoms with van der Waals surface area (Å²) >= 11 is 0. The first-order valence-corrected chi connectivity index (χ1v) is 8.54. The molecule has 0 saturated carbocycles. The maximum absolute atomic E-state index is 13.5. The number of halogens is 1. The minimum absolute atomic E-state index is 0.0960. The van der Waals surface area contributed by atoms with Crippen LogP contribution in [0.1, 0.15) is 26.2 Å². The summed E-state index contributed by atoms with van der Waals surface area (Å²) in [4.78, 5) is 22.6. The van der Waals surface area contributed by atoms with Crippen LogP contribution in [0.25, 0.3) is 21.9 Å². The van der Waals surface area contributed by atoms with Crippen LogP contribution >= 0.6 is 0 Å². The van der Waals surface area contributed by atoms with Gasteiger partial charge >= 0.3 is 0 Å². The molecule has 4 rings (SSSR count). The van der Waals surface area contributed by atoms with E-state index in [1.807, 2.05) is 0 Å². The summed E-state index contributed by atoms with van der Waals surface area (Å²) in [6.45, 7) is 4.81. The molecule has 126 valence electrons. The molecule has 0 spiro atoms. The predicted octanol–water partition coefficient (Wildman–Crippen LogP) is 2.89. The fourth-order valence-corrected chi connectivity index (χ4v) is 3.65. The van der Waals surface area contributed by atoms with Gasteiger partial charge in [-0.2, -0.15) is 0 Å². The summed E-state index contributed by atoms with van der Waals surface area (Å²) in [6.07, 6.45) is 5.32. The lowest BCUT2D eigenvalue weighted by Gasteiger charge is -2.33. The number of hydrogen-bond acceptors (Lipinski definition) is 3. The second-order valence-electron chi connectivity index (χ2n) is 6.66. The Hall–Kier alpha value is -2.21. The minimum atomic E-state index is -0.325. The second kappa shape index (κ2) is 6.02. The molecule has 1 fully saturated rings. The number of hydrogen-bond donors (Lipinski definition) is 1. The van der Waals surface area contributed by atoms with Crippen LogP contribution < -0.4 is 5.56 Å². The summed E-state index contributed by atoms with van der Waals surface area (Å²) in [5.41, 5.74) is 1.63. The van der Waals surface area contributed by atoms with Crippen LogP contribution in [-0.2, 0) is 6.54 Å². The molecule has 1 saturated heterocycles. The van der Waals surface area contributed by atoms with E-state index in [1.54, 1.807) is 17.0 Å². The van der Waals surface area contributed by atoms with Crippen molar-refractivity contribution < 1.29 is 4.39 Å². The molecule has 0 aliphatic carbocycles. The van der Waals surface area contributed by atoms with E-state index in [0.29, 0.717) is 29.0 Å². The third-order valence-electron chi connectivity index (χ3n) is 5.10. The Morgan fingerprint density at radius 2 is 2.21 bits per heavy atom. The Morgan fingerprint density at radius 1 is 1.33 bits per heavy atom. The number of nitrogens with one attached hydrogen (secondary N) is 1. The van der Waals surface area contributed by atoms with Gasteiger partial charge in [0.25, 0.3) is 5.56 Å². The first kappa shape index (κ1) is 15.3. The third-order valence-corrected chi connectivity index (χ3v) is 5.10. The Bertz CT molecular complexity index is 945. The molecule has 1 aromatic carbocycles. The van der Waals surface area contributed by atoms with Crippen molar-refractivity contribution in [1.82, 2.24) is 19.4 Å². The van der Waals surface area contributed by atoms with Crippen LogP contribution in [0.15, 0.2) is 29.3 Å². The topological polar surface area (TPSA) is 53.9 Å². The van der Waals surface area contributed by atoms with Crippen molar-refractivity contribution in [2.75, 3.05) is 13.1 Å². The van der Waals surface area contributed by atoms with Crippen LogP contribution in [0, 0.1) is 5.82 Å². The molecule has 0 amide bonds. The Labute approximate surface area is 139 Å². The van der Waals surface area contributed by atoms with Gasteiger partial charge in [0.15, 0.2) is 0 Å². The average Bonchev–Trinajstić information content (AvgIpc) is 2.94. The summed E-state index contributed by atoms with van der Waals surface area (Å²) in [5, 5.41) is 0.652. The van der Waals surface area contributed by atoms with E-state index in [-0.39, 0.29) is 11.4 Å². The number of fused-ring (bicyclic) bond motifs is 3. The van der Waals surface area contributed by atoms with Crippen LogP contribution in [0.3, 0.4) is 0 Å². The van der Waals surface area contributed by atoms with E-state index in [0.717, 1.165) is 18.6 Å². The van der Waals surface area contributed by atoms with Gasteiger partial charge in [-0.25, -0.2) is 9.37 Å². The lowest BCUT2D eigenvalue weighted by molar-refractivity contribution is 0.154. The van der Waals surface area contributed by atoms with E-state index < -0.39 is 0 Å². The van der Waals surface area contributed by atoms with Crippen molar-refractivity contribution in [3.8, 4) is 0 Å². The van der Waals surface area contributed by atoms with Gasteiger partial charge in [-0.3, -0.25) is 14.3 Å². The van der Waals surface area contributed by atoms with Gasteiger partial charge in [-0.1, -0.05) is 6.42 Å².